The lowest BCUT2D eigenvalue weighted by Crippen LogP contribution is -2.23. The summed E-state index contributed by atoms with van der Waals surface area (Å²) in [5.41, 5.74) is 15.4. The first kappa shape index (κ1) is 21.0. The number of fused-ring (bicyclic) bond motifs is 4. The highest BCUT2D eigenvalue weighted by molar-refractivity contribution is 6.31. The number of benzene rings is 4. The van der Waals surface area contributed by atoms with E-state index in [4.69, 9.17) is 11.5 Å². The zero-order valence-corrected chi connectivity index (χ0v) is 17.9. The van der Waals surface area contributed by atoms with Crippen LogP contribution in [0, 0.1) is 0 Å². The van der Waals surface area contributed by atoms with Crippen molar-refractivity contribution in [1.29, 1.82) is 0 Å². The summed E-state index contributed by atoms with van der Waals surface area (Å²) in [6.45, 7) is 0. The third-order valence-corrected chi connectivity index (χ3v) is 5.97. The summed E-state index contributed by atoms with van der Waals surface area (Å²) in [5, 5.41) is 0. The number of carbonyl (C=O) groups excluding carboxylic acids is 4. The second-order valence-corrected chi connectivity index (χ2v) is 7.95. The van der Waals surface area contributed by atoms with Crippen LogP contribution in [0.1, 0.15) is 63.7 Å². The van der Waals surface area contributed by atoms with Crippen LogP contribution in [0.25, 0.3) is 0 Å². The van der Waals surface area contributed by atoms with Crippen LogP contribution in [0.4, 0.5) is 11.4 Å². The minimum Gasteiger partial charge on any atom is -0.398 e. The second-order valence-electron chi connectivity index (χ2n) is 7.95. The molecule has 2 aliphatic carbocycles. The predicted octanol–water partition coefficient (Wildman–Crippen LogP) is 4.09. The summed E-state index contributed by atoms with van der Waals surface area (Å²) in [6, 6.07) is 23.6. The molecule has 2 aliphatic rings. The van der Waals surface area contributed by atoms with E-state index in [1.54, 1.807) is 84.9 Å². The molecule has 0 spiro atoms. The molecular weight excluding hydrogens is 428 g/mol. The van der Waals surface area contributed by atoms with Crippen molar-refractivity contribution >= 4 is 34.5 Å². The molecule has 0 radical (unpaired) electrons. The fraction of sp³-hybridized carbons (Fsp3) is 0. The molecular formula is C28H18N2O4. The molecule has 0 fully saturated rings. The number of nitrogens with two attached hydrogens (primary N) is 2. The summed E-state index contributed by atoms with van der Waals surface area (Å²) >= 11 is 0. The van der Waals surface area contributed by atoms with Gasteiger partial charge in [-0.3, -0.25) is 19.2 Å². The molecule has 0 amide bonds. The lowest BCUT2D eigenvalue weighted by molar-refractivity contribution is 0.0979. The van der Waals surface area contributed by atoms with E-state index in [2.05, 4.69) is 0 Å². The number of carbonyl (C=O) groups is 4. The first-order chi connectivity index (χ1) is 16.4. The van der Waals surface area contributed by atoms with Crippen LogP contribution >= 0.6 is 0 Å². The molecule has 6 rings (SSSR count). The van der Waals surface area contributed by atoms with Crippen molar-refractivity contribution in [1.82, 2.24) is 0 Å². The van der Waals surface area contributed by atoms with E-state index >= 15 is 0 Å². The SMILES string of the molecule is Nc1cccc2c1C(=O)c1cccc(N)c1C2=O.O=C1c2ccccc2C(=O)c2ccccc21. The van der Waals surface area contributed by atoms with Gasteiger partial charge in [0.15, 0.2) is 23.1 Å². The van der Waals surface area contributed by atoms with Gasteiger partial charge >= 0.3 is 0 Å². The molecule has 6 heteroatoms. The standard InChI is InChI=1S/C14H10N2O2.C14H8O2/c15-9-5-1-3-7-11(9)14(18)8-4-2-6-10(16)12(8)13(7)17;15-13-9-5-1-2-6-10(9)14(16)12-8-4-3-7-11(12)13/h1-6H,15-16H2;1-8H. The number of hydrogen-bond acceptors (Lipinski definition) is 6. The van der Waals surface area contributed by atoms with E-state index in [9.17, 15) is 19.2 Å². The number of nitrogen functional groups attached to an aromatic ring is 2. The van der Waals surface area contributed by atoms with E-state index in [-0.39, 0.29) is 34.3 Å². The Bertz CT molecular complexity index is 1390. The van der Waals surface area contributed by atoms with Gasteiger partial charge in [-0.1, -0.05) is 72.8 Å². The van der Waals surface area contributed by atoms with Crippen molar-refractivity contribution in [2.45, 2.75) is 0 Å². The third-order valence-electron chi connectivity index (χ3n) is 5.97. The fourth-order valence-electron chi connectivity index (χ4n) is 4.34. The maximum absolute atomic E-state index is 12.3. The van der Waals surface area contributed by atoms with Gasteiger partial charge in [-0.05, 0) is 12.1 Å². The average molecular weight is 446 g/mol. The Morgan fingerprint density at radius 3 is 0.971 bits per heavy atom. The molecule has 0 aromatic heterocycles. The van der Waals surface area contributed by atoms with E-state index in [0.717, 1.165) is 0 Å². The first-order valence-electron chi connectivity index (χ1n) is 10.5. The normalized spacial score (nSPS) is 13.2. The Labute approximate surface area is 194 Å². The van der Waals surface area contributed by atoms with Gasteiger partial charge in [0.25, 0.3) is 0 Å². The van der Waals surface area contributed by atoms with Crippen LogP contribution in [-0.2, 0) is 0 Å². The van der Waals surface area contributed by atoms with Crippen LogP contribution in [0.5, 0.6) is 0 Å². The molecule has 0 unspecified atom stereocenters. The average Bonchev–Trinajstić information content (AvgIpc) is 2.86. The highest BCUT2D eigenvalue weighted by atomic mass is 16.1. The van der Waals surface area contributed by atoms with Crippen LogP contribution in [-0.4, -0.2) is 23.1 Å². The van der Waals surface area contributed by atoms with Crippen molar-refractivity contribution in [2.24, 2.45) is 0 Å². The van der Waals surface area contributed by atoms with Crippen LogP contribution < -0.4 is 11.5 Å². The van der Waals surface area contributed by atoms with E-state index in [0.29, 0.717) is 44.8 Å². The van der Waals surface area contributed by atoms with Gasteiger partial charge in [-0.2, -0.15) is 0 Å². The first-order valence-corrected chi connectivity index (χ1v) is 10.5. The molecule has 0 heterocycles. The number of ketones is 4. The Hall–Kier alpha value is -4.84. The molecule has 0 saturated carbocycles. The van der Waals surface area contributed by atoms with Gasteiger partial charge in [0, 0.05) is 44.8 Å². The number of hydrogen-bond donors (Lipinski definition) is 2. The smallest absolute Gasteiger partial charge is 0.196 e. The predicted molar refractivity (Wildman–Crippen MR) is 128 cm³/mol. The zero-order valence-electron chi connectivity index (χ0n) is 17.9. The summed E-state index contributed by atoms with van der Waals surface area (Å²) in [6.07, 6.45) is 0. The van der Waals surface area contributed by atoms with E-state index < -0.39 is 0 Å². The summed E-state index contributed by atoms with van der Waals surface area (Å²) in [7, 11) is 0. The molecule has 0 atom stereocenters. The fourth-order valence-corrected chi connectivity index (χ4v) is 4.34. The van der Waals surface area contributed by atoms with Gasteiger partial charge in [-0.25, -0.2) is 0 Å². The third kappa shape index (κ3) is 3.12. The molecule has 164 valence electrons. The Kier molecular flexibility index (Phi) is 4.91. The van der Waals surface area contributed by atoms with Crippen molar-refractivity contribution in [2.75, 3.05) is 11.5 Å². The Morgan fingerprint density at radius 1 is 0.353 bits per heavy atom. The van der Waals surface area contributed by atoms with Crippen molar-refractivity contribution < 1.29 is 19.2 Å². The molecule has 0 bridgehead atoms. The number of rotatable bonds is 0. The van der Waals surface area contributed by atoms with Gasteiger partial charge in [-0.15, -0.1) is 0 Å². The summed E-state index contributed by atoms with van der Waals surface area (Å²) < 4.78 is 0. The second kappa shape index (κ2) is 7.94. The van der Waals surface area contributed by atoms with E-state index in [1.165, 1.54) is 0 Å². The zero-order chi connectivity index (χ0) is 24.0. The van der Waals surface area contributed by atoms with Crippen molar-refractivity contribution in [3.63, 3.8) is 0 Å². The molecule has 34 heavy (non-hydrogen) atoms. The topological polar surface area (TPSA) is 120 Å². The lowest BCUT2D eigenvalue weighted by Gasteiger charge is -2.19. The molecule has 0 aliphatic heterocycles. The largest absolute Gasteiger partial charge is 0.398 e. The number of anilines is 2. The van der Waals surface area contributed by atoms with Crippen molar-refractivity contribution in [3.05, 3.63) is 129 Å². The van der Waals surface area contributed by atoms with Crippen LogP contribution in [0.3, 0.4) is 0 Å². The van der Waals surface area contributed by atoms with Gasteiger partial charge in [0.1, 0.15) is 0 Å². The van der Waals surface area contributed by atoms with Gasteiger partial charge in [0.2, 0.25) is 0 Å². The minimum atomic E-state index is -0.245. The Morgan fingerprint density at radius 2 is 0.647 bits per heavy atom. The lowest BCUT2D eigenvalue weighted by atomic mass is 9.82. The molecule has 4 aromatic rings. The maximum atomic E-state index is 12.3. The van der Waals surface area contributed by atoms with Crippen LogP contribution in [0.2, 0.25) is 0 Å². The minimum absolute atomic E-state index is 0.0641. The molecule has 4 aromatic carbocycles. The monoisotopic (exact) mass is 446 g/mol. The highest BCUT2D eigenvalue weighted by Gasteiger charge is 2.32. The molecule has 0 saturated heterocycles. The van der Waals surface area contributed by atoms with Crippen LogP contribution in [0.15, 0.2) is 84.9 Å². The summed E-state index contributed by atoms with van der Waals surface area (Å²) in [4.78, 5) is 48.9. The van der Waals surface area contributed by atoms with E-state index in [1.807, 2.05) is 0 Å². The van der Waals surface area contributed by atoms with Gasteiger partial charge in [0.05, 0.1) is 11.1 Å². The summed E-state index contributed by atoms with van der Waals surface area (Å²) in [5.74, 6) is -0.619. The quantitative estimate of drug-likeness (QED) is 0.339. The maximum Gasteiger partial charge on any atom is 0.196 e. The molecule has 4 N–H and O–H groups in total. The Balaban J connectivity index is 0.000000142. The highest BCUT2D eigenvalue weighted by Crippen LogP contribution is 2.33. The molecule has 6 nitrogen and oxygen atoms in total. The van der Waals surface area contributed by atoms with Gasteiger partial charge < -0.3 is 11.5 Å². The van der Waals surface area contributed by atoms with Crippen molar-refractivity contribution in [3.8, 4) is 0 Å².